The predicted molar refractivity (Wildman–Crippen MR) is 112 cm³/mol. The first kappa shape index (κ1) is 21.9. The van der Waals surface area contributed by atoms with E-state index in [1.165, 1.54) is 26.2 Å². The smallest absolute Gasteiger partial charge is 0.339 e. The van der Waals surface area contributed by atoms with Gasteiger partial charge in [-0.1, -0.05) is 12.1 Å². The third-order valence-electron chi connectivity index (χ3n) is 5.21. The molecule has 2 amide bonds. The van der Waals surface area contributed by atoms with Crippen LogP contribution < -0.4 is 14.8 Å². The summed E-state index contributed by atoms with van der Waals surface area (Å²) in [6.07, 6.45) is 0.229. The number of aliphatic carboxylic acids is 1. The third-order valence-corrected chi connectivity index (χ3v) is 5.21. The number of rotatable bonds is 6. The molecule has 0 radical (unpaired) electrons. The van der Waals surface area contributed by atoms with Gasteiger partial charge in [0, 0.05) is 6.54 Å². The molecule has 9 nitrogen and oxygen atoms in total. The van der Waals surface area contributed by atoms with Crippen LogP contribution in [0.1, 0.15) is 33.9 Å². The summed E-state index contributed by atoms with van der Waals surface area (Å²) in [6.45, 7) is 0.298. The number of amides is 2. The van der Waals surface area contributed by atoms with E-state index in [4.69, 9.17) is 14.2 Å². The second kappa shape index (κ2) is 9.38. The molecule has 164 valence electrons. The molecule has 1 aliphatic rings. The Morgan fingerprint density at radius 1 is 1.10 bits per heavy atom. The second-order valence-corrected chi connectivity index (χ2v) is 6.93. The van der Waals surface area contributed by atoms with Crippen LogP contribution in [0.3, 0.4) is 0 Å². The van der Waals surface area contributed by atoms with E-state index in [1.807, 2.05) is 6.07 Å². The number of hydrogen-bond donors (Lipinski definition) is 2. The van der Waals surface area contributed by atoms with Crippen molar-refractivity contribution in [3.63, 3.8) is 0 Å². The summed E-state index contributed by atoms with van der Waals surface area (Å²) in [5.41, 5.74) is 2.06. The molecule has 0 saturated heterocycles. The minimum absolute atomic E-state index is 0.206. The maximum atomic E-state index is 13.1. The van der Waals surface area contributed by atoms with E-state index in [0.717, 1.165) is 5.56 Å². The Kier molecular flexibility index (Phi) is 6.64. The van der Waals surface area contributed by atoms with Crippen LogP contribution in [-0.2, 0) is 16.0 Å². The first-order valence-electron chi connectivity index (χ1n) is 9.61. The van der Waals surface area contributed by atoms with Crippen LogP contribution in [0.25, 0.3) is 0 Å². The fourth-order valence-corrected chi connectivity index (χ4v) is 3.72. The summed E-state index contributed by atoms with van der Waals surface area (Å²) >= 11 is 0. The molecule has 1 aliphatic heterocycles. The maximum absolute atomic E-state index is 13.1. The topological polar surface area (TPSA) is 114 Å². The van der Waals surface area contributed by atoms with Gasteiger partial charge in [-0.3, -0.25) is 4.79 Å². The molecule has 1 atom stereocenters. The molecule has 3 rings (SSSR count). The van der Waals surface area contributed by atoms with Crippen LogP contribution in [0.4, 0.5) is 10.5 Å². The quantitative estimate of drug-likeness (QED) is 0.680. The Hall–Kier alpha value is -3.75. The van der Waals surface area contributed by atoms with Crippen molar-refractivity contribution in [1.82, 2.24) is 4.90 Å². The van der Waals surface area contributed by atoms with Crippen LogP contribution in [0.5, 0.6) is 11.5 Å². The summed E-state index contributed by atoms with van der Waals surface area (Å²) in [5.74, 6) is -0.630. The first-order chi connectivity index (χ1) is 14.9. The van der Waals surface area contributed by atoms with E-state index in [-0.39, 0.29) is 17.7 Å². The number of ether oxygens (including phenoxy) is 3. The van der Waals surface area contributed by atoms with Crippen molar-refractivity contribution in [3.8, 4) is 11.5 Å². The predicted octanol–water partition coefficient (Wildman–Crippen LogP) is 3.10. The highest BCUT2D eigenvalue weighted by molar-refractivity contribution is 6.01. The van der Waals surface area contributed by atoms with Crippen molar-refractivity contribution in [1.29, 1.82) is 0 Å². The molecule has 1 heterocycles. The number of fused-ring (bicyclic) bond motifs is 1. The molecular formula is C22H24N2O7. The second-order valence-electron chi connectivity index (χ2n) is 6.93. The molecule has 2 aromatic carbocycles. The van der Waals surface area contributed by atoms with Gasteiger partial charge in [-0.05, 0) is 41.8 Å². The zero-order valence-corrected chi connectivity index (χ0v) is 17.5. The van der Waals surface area contributed by atoms with Gasteiger partial charge < -0.3 is 29.5 Å². The number of carbonyl (C=O) groups is 3. The Morgan fingerprint density at radius 2 is 1.77 bits per heavy atom. The normalized spacial score (nSPS) is 14.9. The molecular weight excluding hydrogens is 404 g/mol. The molecule has 0 aromatic heterocycles. The van der Waals surface area contributed by atoms with Gasteiger partial charge in [0.2, 0.25) is 0 Å². The van der Waals surface area contributed by atoms with Gasteiger partial charge in [-0.15, -0.1) is 0 Å². The molecule has 1 unspecified atom stereocenters. The average Bonchev–Trinajstić information content (AvgIpc) is 2.77. The lowest BCUT2D eigenvalue weighted by Crippen LogP contribution is -2.43. The minimum atomic E-state index is -1.04. The lowest BCUT2D eigenvalue weighted by molar-refractivity contribution is -0.138. The van der Waals surface area contributed by atoms with Crippen LogP contribution in [0.15, 0.2) is 36.4 Å². The number of para-hydroxylation sites is 1. The number of nitrogens with one attached hydrogen (secondary N) is 1. The number of anilines is 1. The Balaban J connectivity index is 1.95. The molecule has 0 spiro atoms. The van der Waals surface area contributed by atoms with Gasteiger partial charge in [-0.2, -0.15) is 0 Å². The molecule has 9 heteroatoms. The van der Waals surface area contributed by atoms with E-state index < -0.39 is 24.0 Å². The first-order valence-corrected chi connectivity index (χ1v) is 9.61. The summed E-state index contributed by atoms with van der Waals surface area (Å²) in [5, 5.41) is 12.2. The van der Waals surface area contributed by atoms with Crippen LogP contribution in [0, 0.1) is 0 Å². The van der Waals surface area contributed by atoms with Gasteiger partial charge in [0.15, 0.2) is 11.5 Å². The van der Waals surface area contributed by atoms with Gasteiger partial charge in [0.05, 0.1) is 45.0 Å². The standard InChI is InChI=1S/C22H24N2O7/c1-29-18-10-13-8-9-24(17(12-20(25)26)15(13)11-19(18)30-2)22(28)23-16-7-5-4-6-14(16)21(27)31-3/h4-7,10-11,17H,8-9,12H2,1-3H3,(H,23,28)(H,25,26). The van der Waals surface area contributed by atoms with Crippen molar-refractivity contribution in [2.75, 3.05) is 33.2 Å². The van der Waals surface area contributed by atoms with E-state index in [9.17, 15) is 19.5 Å². The van der Waals surface area contributed by atoms with Crippen LogP contribution >= 0.6 is 0 Å². The highest BCUT2D eigenvalue weighted by Gasteiger charge is 2.34. The van der Waals surface area contributed by atoms with E-state index >= 15 is 0 Å². The number of hydrogen-bond acceptors (Lipinski definition) is 6. The van der Waals surface area contributed by atoms with Gasteiger partial charge in [0.1, 0.15) is 0 Å². The number of carboxylic acid groups (broad SMARTS) is 1. The highest BCUT2D eigenvalue weighted by atomic mass is 16.5. The van der Waals surface area contributed by atoms with Crippen molar-refractivity contribution >= 4 is 23.7 Å². The summed E-state index contributed by atoms with van der Waals surface area (Å²) in [7, 11) is 4.28. The highest BCUT2D eigenvalue weighted by Crippen LogP contribution is 2.39. The van der Waals surface area contributed by atoms with Crippen LogP contribution in [-0.4, -0.2) is 55.9 Å². The molecule has 31 heavy (non-hydrogen) atoms. The number of methoxy groups -OCH3 is 3. The van der Waals surface area contributed by atoms with Crippen LogP contribution in [0.2, 0.25) is 0 Å². The monoisotopic (exact) mass is 428 g/mol. The number of nitrogens with zero attached hydrogens (tertiary/aromatic N) is 1. The molecule has 0 saturated carbocycles. The molecule has 2 N–H and O–H groups in total. The molecule has 0 aliphatic carbocycles. The summed E-state index contributed by atoms with van der Waals surface area (Å²) < 4.78 is 15.5. The zero-order valence-electron chi connectivity index (χ0n) is 17.5. The number of carbonyl (C=O) groups excluding carboxylic acids is 2. The van der Waals surface area contributed by atoms with Crippen molar-refractivity contribution in [3.05, 3.63) is 53.1 Å². The van der Waals surface area contributed by atoms with Gasteiger partial charge in [-0.25, -0.2) is 9.59 Å². The number of esters is 1. The fourth-order valence-electron chi connectivity index (χ4n) is 3.72. The third kappa shape index (κ3) is 4.55. The Bertz CT molecular complexity index is 1010. The van der Waals surface area contributed by atoms with E-state index in [1.54, 1.807) is 30.3 Å². The lowest BCUT2D eigenvalue weighted by atomic mass is 9.90. The average molecular weight is 428 g/mol. The fraction of sp³-hybridized carbons (Fsp3) is 0.318. The molecule has 0 fully saturated rings. The number of urea groups is 1. The molecule has 2 aromatic rings. The van der Waals surface area contributed by atoms with Gasteiger partial charge in [0.25, 0.3) is 0 Å². The van der Waals surface area contributed by atoms with Crippen molar-refractivity contribution in [2.45, 2.75) is 18.9 Å². The number of carboxylic acids is 1. The number of benzene rings is 2. The minimum Gasteiger partial charge on any atom is -0.493 e. The molecule has 0 bridgehead atoms. The van der Waals surface area contributed by atoms with E-state index in [0.29, 0.717) is 30.0 Å². The van der Waals surface area contributed by atoms with E-state index in [2.05, 4.69) is 5.32 Å². The SMILES string of the molecule is COC(=O)c1ccccc1NC(=O)N1CCc2cc(OC)c(OC)cc2C1CC(=O)O. The summed E-state index contributed by atoms with van der Waals surface area (Å²) in [4.78, 5) is 38.2. The van der Waals surface area contributed by atoms with Crippen molar-refractivity contribution < 1.29 is 33.7 Å². The Morgan fingerprint density at radius 3 is 2.42 bits per heavy atom. The Labute approximate surface area is 179 Å². The maximum Gasteiger partial charge on any atom is 0.339 e. The van der Waals surface area contributed by atoms with Crippen molar-refractivity contribution in [2.24, 2.45) is 0 Å². The largest absolute Gasteiger partial charge is 0.493 e. The summed E-state index contributed by atoms with van der Waals surface area (Å²) in [6, 6.07) is 8.76. The van der Waals surface area contributed by atoms with Gasteiger partial charge >= 0.3 is 18.0 Å². The lowest BCUT2D eigenvalue weighted by Gasteiger charge is -2.37. The zero-order chi connectivity index (χ0) is 22.5.